The van der Waals surface area contributed by atoms with Gasteiger partial charge in [0.25, 0.3) is 4.73 Å². The topological polar surface area (TPSA) is 126 Å². The van der Waals surface area contributed by atoms with Gasteiger partial charge in [-0.15, -0.1) is 11.3 Å². The highest BCUT2D eigenvalue weighted by atomic mass is 79.9. The third kappa shape index (κ3) is 2.20. The summed E-state index contributed by atoms with van der Waals surface area (Å²) < 4.78 is 1.53. The van der Waals surface area contributed by atoms with Gasteiger partial charge in [0.05, 0.1) is 5.39 Å². The van der Waals surface area contributed by atoms with Gasteiger partial charge in [0.2, 0.25) is 0 Å². The number of nitrogens with two attached hydrogens (primary N) is 1. The molecule has 0 aliphatic heterocycles. The largest absolute Gasteiger partial charge is 0.492 e. The SMILES string of the molecule is Nc1nc(Cn2nc([N+](=O)[O-])nc2Br)nc2sccc12. The molecule has 2 N–H and O–H groups in total. The maximum absolute atomic E-state index is 10.6. The highest BCUT2D eigenvalue weighted by molar-refractivity contribution is 9.10. The molecule has 3 aromatic heterocycles. The number of nitrogens with zero attached hydrogens (tertiary/aromatic N) is 6. The third-order valence-electron chi connectivity index (χ3n) is 2.47. The van der Waals surface area contributed by atoms with Crippen molar-refractivity contribution in [3.05, 3.63) is 32.1 Å². The number of aromatic nitrogens is 5. The first-order chi connectivity index (χ1) is 9.54. The van der Waals surface area contributed by atoms with Crippen molar-refractivity contribution in [2.24, 2.45) is 0 Å². The molecule has 0 amide bonds. The quantitative estimate of drug-likeness (QED) is 0.558. The summed E-state index contributed by atoms with van der Waals surface area (Å²) in [6.45, 7) is 0.138. The fraction of sp³-hybridized carbons (Fsp3) is 0.111. The van der Waals surface area contributed by atoms with Crippen LogP contribution in [0.5, 0.6) is 0 Å². The Hall–Kier alpha value is -2.14. The zero-order valence-electron chi connectivity index (χ0n) is 9.73. The first-order valence-corrected chi connectivity index (χ1v) is 6.96. The number of nitrogen functional groups attached to an aromatic ring is 1. The molecule has 0 saturated heterocycles. The number of rotatable bonds is 3. The lowest BCUT2D eigenvalue weighted by Crippen LogP contribution is -2.08. The zero-order chi connectivity index (χ0) is 14.3. The molecular weight excluding hydrogens is 350 g/mol. The predicted octanol–water partition coefficient (Wildman–Crippen LogP) is 1.58. The average Bonchev–Trinajstić information content (AvgIpc) is 2.97. The molecule has 0 aromatic carbocycles. The Morgan fingerprint density at radius 3 is 2.95 bits per heavy atom. The van der Waals surface area contributed by atoms with Crippen LogP contribution in [0.25, 0.3) is 10.2 Å². The van der Waals surface area contributed by atoms with Crippen LogP contribution >= 0.6 is 27.3 Å². The highest BCUT2D eigenvalue weighted by Crippen LogP contribution is 2.23. The summed E-state index contributed by atoms with van der Waals surface area (Å²) in [6.07, 6.45) is 0. The number of halogens is 1. The molecule has 0 aliphatic rings. The number of thiophene rings is 1. The van der Waals surface area contributed by atoms with Crippen LogP contribution in [0.1, 0.15) is 5.82 Å². The van der Waals surface area contributed by atoms with Crippen molar-refractivity contribution in [3.8, 4) is 0 Å². The molecule has 20 heavy (non-hydrogen) atoms. The van der Waals surface area contributed by atoms with Crippen LogP contribution in [0.15, 0.2) is 16.2 Å². The molecule has 0 unspecified atom stereocenters. The summed E-state index contributed by atoms with van der Waals surface area (Å²) >= 11 is 4.55. The summed E-state index contributed by atoms with van der Waals surface area (Å²) in [5.74, 6) is 0.303. The molecule has 0 aliphatic carbocycles. The van der Waals surface area contributed by atoms with E-state index in [4.69, 9.17) is 5.73 Å². The number of nitro groups is 1. The fourth-order valence-electron chi connectivity index (χ4n) is 1.62. The van der Waals surface area contributed by atoms with Gasteiger partial charge in [0.15, 0.2) is 5.82 Å². The van der Waals surface area contributed by atoms with Crippen molar-refractivity contribution >= 4 is 49.2 Å². The average molecular weight is 356 g/mol. The van der Waals surface area contributed by atoms with Gasteiger partial charge >= 0.3 is 5.95 Å². The summed E-state index contributed by atoms with van der Waals surface area (Å²) in [6, 6.07) is 1.84. The van der Waals surface area contributed by atoms with Crippen LogP contribution in [-0.2, 0) is 6.54 Å². The van der Waals surface area contributed by atoms with E-state index in [0.717, 1.165) is 10.2 Å². The van der Waals surface area contributed by atoms with Gasteiger partial charge in [-0.05, 0) is 21.4 Å². The van der Waals surface area contributed by atoms with E-state index in [1.165, 1.54) is 16.0 Å². The van der Waals surface area contributed by atoms with E-state index < -0.39 is 10.9 Å². The van der Waals surface area contributed by atoms with Gasteiger partial charge in [0.1, 0.15) is 17.2 Å². The lowest BCUT2D eigenvalue weighted by atomic mass is 10.4. The minimum atomic E-state index is -0.668. The van der Waals surface area contributed by atoms with Crippen molar-refractivity contribution < 1.29 is 4.92 Å². The molecule has 0 fully saturated rings. The van der Waals surface area contributed by atoms with Crippen molar-refractivity contribution in [1.29, 1.82) is 0 Å². The maximum atomic E-state index is 10.6. The molecule has 0 atom stereocenters. The Morgan fingerprint density at radius 1 is 1.45 bits per heavy atom. The minimum Gasteiger partial charge on any atom is -0.390 e. The lowest BCUT2D eigenvalue weighted by Gasteiger charge is -2.01. The van der Waals surface area contributed by atoms with Gasteiger partial charge in [-0.25, -0.2) is 9.97 Å². The van der Waals surface area contributed by atoms with Crippen LogP contribution in [0.2, 0.25) is 0 Å². The molecule has 9 nitrogen and oxygen atoms in total. The second-order valence-corrected chi connectivity index (χ2v) is 5.36. The summed E-state index contributed by atoms with van der Waals surface area (Å²) in [5, 5.41) is 17.0. The van der Waals surface area contributed by atoms with E-state index in [1.54, 1.807) is 0 Å². The van der Waals surface area contributed by atoms with Gasteiger partial charge in [-0.1, -0.05) is 0 Å². The Balaban J connectivity index is 1.98. The number of hydrogen-bond acceptors (Lipinski definition) is 8. The Morgan fingerprint density at radius 2 is 2.25 bits per heavy atom. The Kier molecular flexibility index (Phi) is 3.06. The van der Waals surface area contributed by atoms with Crippen molar-refractivity contribution in [1.82, 2.24) is 24.7 Å². The standard InChI is InChI=1S/C9H6BrN7O2S/c10-8-14-9(17(18)19)15-16(8)3-5-12-6(11)4-1-2-20-7(4)13-5/h1-2H,3H2,(H2,11,12,13). The normalized spacial score (nSPS) is 11.1. The minimum absolute atomic E-state index is 0.138. The molecule has 11 heteroatoms. The van der Waals surface area contributed by atoms with Gasteiger partial charge in [0, 0.05) is 21.0 Å². The van der Waals surface area contributed by atoms with E-state index in [1.807, 2.05) is 11.4 Å². The number of fused-ring (bicyclic) bond motifs is 1. The van der Waals surface area contributed by atoms with Crippen LogP contribution < -0.4 is 5.73 Å². The molecule has 3 aromatic rings. The third-order valence-corrected chi connectivity index (χ3v) is 3.86. The molecule has 0 saturated carbocycles. The van der Waals surface area contributed by atoms with Crippen molar-refractivity contribution in [2.45, 2.75) is 6.54 Å². The number of hydrogen-bond donors (Lipinski definition) is 1. The molecule has 0 spiro atoms. The number of anilines is 1. The van der Waals surface area contributed by atoms with Gasteiger partial charge < -0.3 is 15.8 Å². The van der Waals surface area contributed by atoms with Crippen LogP contribution in [0.3, 0.4) is 0 Å². The van der Waals surface area contributed by atoms with E-state index in [9.17, 15) is 10.1 Å². The molecule has 0 bridgehead atoms. The van der Waals surface area contributed by atoms with E-state index in [0.29, 0.717) is 11.6 Å². The summed E-state index contributed by atoms with van der Waals surface area (Å²) in [7, 11) is 0. The second-order valence-electron chi connectivity index (χ2n) is 3.76. The van der Waals surface area contributed by atoms with Gasteiger partial charge in [-0.3, -0.25) is 0 Å². The monoisotopic (exact) mass is 355 g/mol. The van der Waals surface area contributed by atoms with Crippen molar-refractivity contribution in [3.63, 3.8) is 0 Å². The molecular formula is C9H6BrN7O2S. The smallest absolute Gasteiger partial charge is 0.390 e. The first kappa shape index (κ1) is 12.9. The van der Waals surface area contributed by atoms with E-state index >= 15 is 0 Å². The summed E-state index contributed by atoms with van der Waals surface area (Å²) in [5.41, 5.74) is 5.84. The lowest BCUT2D eigenvalue weighted by molar-refractivity contribution is -0.394. The second kappa shape index (κ2) is 4.76. The van der Waals surface area contributed by atoms with Crippen LogP contribution in [0, 0.1) is 10.1 Å². The summed E-state index contributed by atoms with van der Waals surface area (Å²) in [4.78, 5) is 22.9. The Labute approximate surface area is 123 Å². The highest BCUT2D eigenvalue weighted by Gasteiger charge is 2.20. The predicted molar refractivity (Wildman–Crippen MR) is 75.3 cm³/mol. The molecule has 0 radical (unpaired) electrons. The van der Waals surface area contributed by atoms with Crippen molar-refractivity contribution in [2.75, 3.05) is 5.73 Å². The van der Waals surface area contributed by atoms with E-state index in [-0.39, 0.29) is 11.3 Å². The molecule has 3 rings (SSSR count). The van der Waals surface area contributed by atoms with Crippen LogP contribution in [0.4, 0.5) is 11.8 Å². The molecule has 3 heterocycles. The fourth-order valence-corrected chi connectivity index (χ4v) is 2.77. The Bertz CT molecular complexity index is 814. The zero-order valence-corrected chi connectivity index (χ0v) is 12.1. The van der Waals surface area contributed by atoms with E-state index in [2.05, 4.69) is 36.0 Å². The van der Waals surface area contributed by atoms with Gasteiger partial charge in [-0.2, -0.15) is 4.68 Å². The molecule has 102 valence electrons. The maximum Gasteiger partial charge on any atom is 0.492 e. The first-order valence-electron chi connectivity index (χ1n) is 5.29. The van der Waals surface area contributed by atoms with Crippen LogP contribution in [-0.4, -0.2) is 29.7 Å².